The summed E-state index contributed by atoms with van der Waals surface area (Å²) >= 11 is 14.9. The smallest absolute Gasteiger partial charge is 0.262 e. The van der Waals surface area contributed by atoms with Gasteiger partial charge < -0.3 is 9.84 Å². The van der Waals surface area contributed by atoms with Crippen LogP contribution in [-0.2, 0) is 19.9 Å². The van der Waals surface area contributed by atoms with E-state index >= 15 is 0 Å². The number of hydrogen-bond donors (Lipinski definition) is 1. The van der Waals surface area contributed by atoms with E-state index in [1.54, 1.807) is 41.2 Å². The Labute approximate surface area is 180 Å². The lowest BCUT2D eigenvalue weighted by Gasteiger charge is -2.14. The Morgan fingerprint density at radius 2 is 2.21 bits per heavy atom. The molecule has 148 valence electrons. The monoisotopic (exact) mass is 456 g/mol. The van der Waals surface area contributed by atoms with Crippen molar-refractivity contribution in [1.29, 1.82) is 0 Å². The number of rotatable bonds is 6. The van der Waals surface area contributed by atoms with E-state index in [4.69, 9.17) is 27.9 Å². The van der Waals surface area contributed by atoms with Gasteiger partial charge in [-0.1, -0.05) is 35.0 Å². The third-order valence-electron chi connectivity index (χ3n) is 4.63. The van der Waals surface area contributed by atoms with Gasteiger partial charge in [-0.05, 0) is 37.0 Å². The molecule has 9 heteroatoms. The van der Waals surface area contributed by atoms with Gasteiger partial charge >= 0.3 is 0 Å². The third kappa shape index (κ3) is 3.91. The summed E-state index contributed by atoms with van der Waals surface area (Å²) in [6.45, 7) is 0.0660. The molecule has 0 fully saturated rings. The normalized spacial score (nSPS) is 14.4. The maximum absolute atomic E-state index is 12.8. The minimum absolute atomic E-state index is 0.0108. The second-order valence-corrected chi connectivity index (χ2v) is 9.56. The van der Waals surface area contributed by atoms with Crippen molar-refractivity contribution in [2.24, 2.45) is 7.05 Å². The Balaban J connectivity index is 1.44. The topological polar surface area (TPSA) is 64.3 Å². The fourth-order valence-electron chi connectivity index (χ4n) is 3.23. The van der Waals surface area contributed by atoms with Crippen molar-refractivity contribution in [2.75, 3.05) is 12.4 Å². The van der Waals surface area contributed by atoms with Gasteiger partial charge in [-0.15, -0.1) is 11.3 Å². The molecule has 0 amide bonds. The van der Waals surface area contributed by atoms with Gasteiger partial charge in [0, 0.05) is 28.8 Å². The zero-order chi connectivity index (χ0) is 19.8. The van der Waals surface area contributed by atoms with Gasteiger partial charge in [-0.3, -0.25) is 9.36 Å². The molecule has 1 aromatic carbocycles. The van der Waals surface area contributed by atoms with E-state index in [2.05, 4.69) is 4.98 Å². The van der Waals surface area contributed by atoms with Crippen LogP contribution in [0.3, 0.4) is 0 Å². The Morgan fingerprint density at radius 1 is 1.39 bits per heavy atom. The largest absolute Gasteiger partial charge is 0.489 e. The highest BCUT2D eigenvalue weighted by Crippen LogP contribution is 2.35. The van der Waals surface area contributed by atoms with Crippen molar-refractivity contribution in [3.63, 3.8) is 0 Å². The molecular weight excluding hydrogens is 439 g/mol. The maximum Gasteiger partial charge on any atom is 0.262 e. The zero-order valence-corrected chi connectivity index (χ0v) is 18.2. The first-order chi connectivity index (χ1) is 13.4. The molecule has 2 heterocycles. The van der Waals surface area contributed by atoms with Crippen molar-refractivity contribution in [2.45, 2.75) is 30.5 Å². The van der Waals surface area contributed by atoms with Gasteiger partial charge in [0.05, 0.1) is 16.5 Å². The summed E-state index contributed by atoms with van der Waals surface area (Å²) in [5.74, 6) is 0.771. The quantitative estimate of drug-likeness (QED) is 0.441. The number of aliphatic hydroxyl groups excluding tert-OH is 1. The number of thioether (sulfide) groups is 1. The van der Waals surface area contributed by atoms with Crippen LogP contribution in [-0.4, -0.2) is 33.1 Å². The summed E-state index contributed by atoms with van der Waals surface area (Å²) in [5, 5.41) is 12.6. The average molecular weight is 457 g/mol. The zero-order valence-electron chi connectivity index (χ0n) is 15.1. The van der Waals surface area contributed by atoms with Crippen LogP contribution in [0.1, 0.15) is 16.9 Å². The Bertz CT molecular complexity index is 1100. The first-order valence-corrected chi connectivity index (χ1v) is 11.4. The highest BCUT2D eigenvalue weighted by atomic mass is 35.5. The first kappa shape index (κ1) is 20.0. The highest BCUT2D eigenvalue weighted by molar-refractivity contribution is 7.99. The second-order valence-electron chi connectivity index (χ2n) is 6.65. The summed E-state index contributed by atoms with van der Waals surface area (Å²) in [5.41, 5.74) is 1.17. The van der Waals surface area contributed by atoms with E-state index in [9.17, 15) is 9.90 Å². The van der Waals surface area contributed by atoms with Gasteiger partial charge in [-0.2, -0.15) is 0 Å². The number of halogens is 2. The van der Waals surface area contributed by atoms with E-state index in [-0.39, 0.29) is 12.2 Å². The maximum atomic E-state index is 12.8. The summed E-state index contributed by atoms with van der Waals surface area (Å²) in [4.78, 5) is 19.5. The molecule has 0 spiro atoms. The molecule has 0 saturated heterocycles. The van der Waals surface area contributed by atoms with Crippen LogP contribution in [0, 0.1) is 0 Å². The van der Waals surface area contributed by atoms with Gasteiger partial charge in [0.25, 0.3) is 5.56 Å². The molecule has 1 N–H and O–H groups in total. The van der Waals surface area contributed by atoms with Gasteiger partial charge in [0.1, 0.15) is 17.2 Å². The van der Waals surface area contributed by atoms with Crippen LogP contribution in [0.4, 0.5) is 0 Å². The minimum Gasteiger partial charge on any atom is -0.489 e. The van der Waals surface area contributed by atoms with Gasteiger partial charge in [0.2, 0.25) is 0 Å². The van der Waals surface area contributed by atoms with Crippen LogP contribution >= 0.6 is 46.3 Å². The number of benzene rings is 1. The minimum atomic E-state index is -0.749. The lowest BCUT2D eigenvalue weighted by Crippen LogP contribution is -2.23. The lowest BCUT2D eigenvalue weighted by atomic mass is 10.2. The summed E-state index contributed by atoms with van der Waals surface area (Å²) in [6, 6.07) is 4.93. The van der Waals surface area contributed by atoms with Crippen LogP contribution in [0.2, 0.25) is 10.0 Å². The number of aryl methyl sites for hydroxylation is 2. The molecule has 1 atom stereocenters. The predicted octanol–water partition coefficient (Wildman–Crippen LogP) is 4.32. The molecule has 5 nitrogen and oxygen atoms in total. The summed E-state index contributed by atoms with van der Waals surface area (Å²) < 4.78 is 7.14. The Kier molecular flexibility index (Phi) is 5.90. The molecule has 3 aromatic rings. The van der Waals surface area contributed by atoms with E-state index in [0.717, 1.165) is 29.5 Å². The number of hydrogen-bond acceptors (Lipinski definition) is 6. The molecule has 28 heavy (non-hydrogen) atoms. The first-order valence-electron chi connectivity index (χ1n) is 8.84. The third-order valence-corrected chi connectivity index (χ3v) is 7.54. The SMILES string of the molecule is Cn1c(SCC(O)COc2cc(Cl)ccc2Cl)nc2sc3c(c2c1=O)CCC3. The second kappa shape index (κ2) is 8.24. The van der Waals surface area contributed by atoms with E-state index in [1.165, 1.54) is 22.2 Å². The Morgan fingerprint density at radius 3 is 3.04 bits per heavy atom. The number of fused-ring (bicyclic) bond motifs is 3. The molecule has 0 bridgehead atoms. The predicted molar refractivity (Wildman–Crippen MR) is 116 cm³/mol. The standard InChI is InChI=1S/C19H18Cl2N2O3S2/c1-23-18(25)16-12-3-2-4-15(12)28-17(16)22-19(23)27-9-11(24)8-26-14-7-10(20)5-6-13(14)21/h5-7,11,24H,2-4,8-9H2,1H3. The number of nitrogens with zero attached hydrogens (tertiary/aromatic N) is 2. The molecule has 1 aliphatic carbocycles. The molecular formula is C19H18Cl2N2O3S2. The van der Waals surface area contributed by atoms with E-state index in [1.807, 2.05) is 0 Å². The molecule has 1 aliphatic rings. The van der Waals surface area contributed by atoms with Crippen molar-refractivity contribution in [3.05, 3.63) is 49.0 Å². The number of ether oxygens (including phenoxy) is 1. The summed E-state index contributed by atoms with van der Waals surface area (Å²) in [7, 11) is 1.73. The molecule has 2 aromatic heterocycles. The van der Waals surface area contributed by atoms with Crippen LogP contribution < -0.4 is 10.3 Å². The van der Waals surface area contributed by atoms with Crippen molar-refractivity contribution >= 4 is 56.5 Å². The Hall–Kier alpha value is -1.25. The van der Waals surface area contributed by atoms with Crippen LogP contribution in [0.15, 0.2) is 28.2 Å². The molecule has 0 aliphatic heterocycles. The number of aromatic nitrogens is 2. The summed E-state index contributed by atoms with van der Waals surface area (Å²) in [6.07, 6.45) is 2.35. The van der Waals surface area contributed by atoms with Crippen LogP contribution in [0.25, 0.3) is 10.2 Å². The van der Waals surface area contributed by atoms with Crippen molar-refractivity contribution in [1.82, 2.24) is 9.55 Å². The van der Waals surface area contributed by atoms with Crippen molar-refractivity contribution in [3.8, 4) is 5.75 Å². The van der Waals surface area contributed by atoms with E-state index in [0.29, 0.717) is 26.7 Å². The molecule has 1 unspecified atom stereocenters. The fourth-order valence-corrected chi connectivity index (χ4v) is 5.74. The molecule has 0 radical (unpaired) electrons. The van der Waals surface area contributed by atoms with E-state index < -0.39 is 6.10 Å². The van der Waals surface area contributed by atoms with Crippen molar-refractivity contribution < 1.29 is 9.84 Å². The number of aliphatic hydroxyl groups is 1. The average Bonchev–Trinajstić information content (AvgIpc) is 3.25. The molecule has 4 rings (SSSR count). The highest BCUT2D eigenvalue weighted by Gasteiger charge is 2.22. The van der Waals surface area contributed by atoms with Crippen LogP contribution in [0.5, 0.6) is 5.75 Å². The van der Waals surface area contributed by atoms with Gasteiger partial charge in [-0.25, -0.2) is 4.98 Å². The van der Waals surface area contributed by atoms with Gasteiger partial charge in [0.15, 0.2) is 5.16 Å². The fraction of sp³-hybridized carbons (Fsp3) is 0.368. The number of thiophene rings is 1. The molecule has 0 saturated carbocycles. The lowest BCUT2D eigenvalue weighted by molar-refractivity contribution is 0.126.